The largest absolute Gasteiger partial charge is 0.458 e. The predicted octanol–water partition coefficient (Wildman–Crippen LogP) is 2.91. The van der Waals surface area contributed by atoms with Crippen molar-refractivity contribution < 1.29 is 14.6 Å². The first-order chi connectivity index (χ1) is 8.67. The molecule has 4 fully saturated rings. The molecule has 4 atom stereocenters. The highest BCUT2D eigenvalue weighted by Gasteiger charge is 2.66. The van der Waals surface area contributed by atoms with Gasteiger partial charge < -0.3 is 9.84 Å². The molecule has 0 saturated heterocycles. The monoisotopic (exact) mass is 266 g/mol. The van der Waals surface area contributed by atoms with Crippen LogP contribution in [0.15, 0.2) is 0 Å². The lowest BCUT2D eigenvalue weighted by Crippen LogP contribution is -2.45. The molecule has 0 aromatic rings. The highest BCUT2D eigenvalue weighted by Crippen LogP contribution is 2.64. The summed E-state index contributed by atoms with van der Waals surface area (Å²) in [6.07, 6.45) is 4.52. The predicted molar refractivity (Wildman–Crippen MR) is 72.5 cm³/mol. The molecule has 4 unspecified atom stereocenters. The molecule has 0 amide bonds. The first-order valence-corrected chi connectivity index (χ1v) is 7.63. The molecule has 0 aromatic carbocycles. The number of carbonyl (C=O) groups excluding carboxylic acids is 1. The Bertz CT molecular complexity index is 414. The molecule has 4 saturated carbocycles. The Balaban J connectivity index is 1.80. The van der Waals surface area contributed by atoms with E-state index >= 15 is 0 Å². The van der Waals surface area contributed by atoms with Crippen LogP contribution < -0.4 is 0 Å². The van der Waals surface area contributed by atoms with Crippen molar-refractivity contribution in [2.45, 2.75) is 71.0 Å². The number of esters is 1. The molecule has 4 aliphatic carbocycles. The first-order valence-electron chi connectivity index (χ1n) is 7.63. The second kappa shape index (κ2) is 3.75. The van der Waals surface area contributed by atoms with Gasteiger partial charge in [0.1, 0.15) is 5.60 Å². The fraction of sp³-hybridized carbons (Fsp3) is 0.938. The zero-order valence-electron chi connectivity index (χ0n) is 12.5. The lowest BCUT2D eigenvalue weighted by atomic mass is 9.77. The Kier molecular flexibility index (Phi) is 2.65. The molecule has 1 N–H and O–H groups in total. The van der Waals surface area contributed by atoms with E-state index in [2.05, 4.69) is 13.8 Å². The quantitative estimate of drug-likeness (QED) is 0.799. The van der Waals surface area contributed by atoms with E-state index in [-0.39, 0.29) is 17.5 Å². The van der Waals surface area contributed by atoms with Crippen molar-refractivity contribution in [3.63, 3.8) is 0 Å². The Morgan fingerprint density at radius 1 is 1.32 bits per heavy atom. The first kappa shape index (κ1) is 13.4. The number of hydrogen-bond acceptors (Lipinski definition) is 3. The van der Waals surface area contributed by atoms with Gasteiger partial charge in [0.2, 0.25) is 0 Å². The van der Waals surface area contributed by atoms with E-state index in [4.69, 9.17) is 4.74 Å². The molecule has 0 radical (unpaired) electrons. The SMILES string of the molecule is CC(C)C(C)(C)C(=O)OC12CC3CC1CC(O)(C3)C2. The van der Waals surface area contributed by atoms with Crippen LogP contribution in [0.2, 0.25) is 0 Å². The Morgan fingerprint density at radius 2 is 2.00 bits per heavy atom. The van der Waals surface area contributed by atoms with Crippen LogP contribution in [0.3, 0.4) is 0 Å². The number of hydrogen-bond donors (Lipinski definition) is 1. The van der Waals surface area contributed by atoms with Crippen molar-refractivity contribution in [1.82, 2.24) is 0 Å². The summed E-state index contributed by atoms with van der Waals surface area (Å²) >= 11 is 0. The van der Waals surface area contributed by atoms with Gasteiger partial charge in [0.15, 0.2) is 0 Å². The molecule has 0 aliphatic heterocycles. The topological polar surface area (TPSA) is 46.5 Å². The fourth-order valence-corrected chi connectivity index (χ4v) is 4.49. The Hall–Kier alpha value is -0.570. The van der Waals surface area contributed by atoms with E-state index in [1.807, 2.05) is 13.8 Å². The van der Waals surface area contributed by atoms with Gasteiger partial charge in [-0.25, -0.2) is 0 Å². The van der Waals surface area contributed by atoms with Gasteiger partial charge in [-0.1, -0.05) is 13.8 Å². The number of aliphatic hydroxyl groups is 1. The lowest BCUT2D eigenvalue weighted by Gasteiger charge is -2.39. The van der Waals surface area contributed by atoms with Gasteiger partial charge in [-0.3, -0.25) is 4.79 Å². The van der Waals surface area contributed by atoms with Crippen molar-refractivity contribution >= 4 is 5.97 Å². The van der Waals surface area contributed by atoms with Crippen molar-refractivity contribution in [2.75, 3.05) is 0 Å². The molecule has 4 rings (SSSR count). The second-order valence-corrected chi connectivity index (χ2v) is 8.14. The summed E-state index contributed by atoms with van der Waals surface area (Å²) in [7, 11) is 0. The number of rotatable bonds is 3. The van der Waals surface area contributed by atoms with Crippen molar-refractivity contribution in [1.29, 1.82) is 0 Å². The lowest BCUT2D eigenvalue weighted by molar-refractivity contribution is -0.178. The van der Waals surface area contributed by atoms with Crippen LogP contribution in [0.4, 0.5) is 0 Å². The average Bonchev–Trinajstić information content (AvgIpc) is 2.59. The van der Waals surface area contributed by atoms with Gasteiger partial charge in [0, 0.05) is 12.3 Å². The fourth-order valence-electron chi connectivity index (χ4n) is 4.49. The molecule has 3 nitrogen and oxygen atoms in total. The van der Waals surface area contributed by atoms with E-state index in [0.29, 0.717) is 18.3 Å². The van der Waals surface area contributed by atoms with E-state index in [1.165, 1.54) is 0 Å². The Morgan fingerprint density at radius 3 is 2.58 bits per heavy atom. The number of ether oxygens (including phenoxy) is 1. The van der Waals surface area contributed by atoms with E-state index < -0.39 is 11.0 Å². The van der Waals surface area contributed by atoms with Gasteiger partial charge in [-0.2, -0.15) is 0 Å². The third kappa shape index (κ3) is 1.84. The van der Waals surface area contributed by atoms with Crippen LogP contribution in [0.25, 0.3) is 0 Å². The molecule has 4 bridgehead atoms. The molecule has 0 spiro atoms. The summed E-state index contributed by atoms with van der Waals surface area (Å²) in [6, 6.07) is 0. The van der Waals surface area contributed by atoms with E-state index in [0.717, 1.165) is 25.7 Å². The zero-order valence-corrected chi connectivity index (χ0v) is 12.5. The van der Waals surface area contributed by atoms with Crippen molar-refractivity contribution in [3.05, 3.63) is 0 Å². The third-order valence-corrected chi connectivity index (χ3v) is 6.18. The minimum atomic E-state index is -0.548. The van der Waals surface area contributed by atoms with Crippen LogP contribution in [-0.2, 0) is 9.53 Å². The maximum atomic E-state index is 12.5. The summed E-state index contributed by atoms with van der Waals surface area (Å²) in [4.78, 5) is 12.5. The van der Waals surface area contributed by atoms with Crippen LogP contribution in [-0.4, -0.2) is 22.3 Å². The van der Waals surface area contributed by atoms with E-state index in [9.17, 15) is 9.90 Å². The van der Waals surface area contributed by atoms with Crippen molar-refractivity contribution in [3.8, 4) is 0 Å². The molecule has 19 heavy (non-hydrogen) atoms. The summed E-state index contributed by atoms with van der Waals surface area (Å²) in [5.41, 5.74) is -1.34. The van der Waals surface area contributed by atoms with Crippen molar-refractivity contribution in [2.24, 2.45) is 23.2 Å². The smallest absolute Gasteiger partial charge is 0.312 e. The van der Waals surface area contributed by atoms with Crippen LogP contribution in [0, 0.1) is 23.2 Å². The normalized spacial score (nSPS) is 44.1. The highest BCUT2D eigenvalue weighted by atomic mass is 16.6. The molecule has 4 aliphatic rings. The van der Waals surface area contributed by atoms with E-state index in [1.54, 1.807) is 0 Å². The second-order valence-electron chi connectivity index (χ2n) is 8.14. The maximum Gasteiger partial charge on any atom is 0.312 e. The molecule has 108 valence electrons. The van der Waals surface area contributed by atoms with Gasteiger partial charge in [0.25, 0.3) is 0 Å². The minimum absolute atomic E-state index is 0.0840. The molecular formula is C16H26O3. The average molecular weight is 266 g/mol. The summed E-state index contributed by atoms with van der Waals surface area (Å²) in [5.74, 6) is 1.13. The van der Waals surface area contributed by atoms with Gasteiger partial charge in [0.05, 0.1) is 11.0 Å². The summed E-state index contributed by atoms with van der Waals surface area (Å²) in [5, 5.41) is 10.5. The van der Waals surface area contributed by atoms with Gasteiger partial charge in [-0.05, 0) is 51.4 Å². The van der Waals surface area contributed by atoms with Gasteiger partial charge >= 0.3 is 5.97 Å². The maximum absolute atomic E-state index is 12.5. The number of carbonyl (C=O) groups is 1. The minimum Gasteiger partial charge on any atom is -0.458 e. The van der Waals surface area contributed by atoms with Crippen LogP contribution >= 0.6 is 0 Å². The molecule has 3 heteroatoms. The standard InChI is InChI=1S/C16H26O3/c1-10(2)14(3,4)13(17)19-16-7-11-5-12(16)8-15(18,6-11)9-16/h10-12,18H,5-9H2,1-4H3. The van der Waals surface area contributed by atoms with Crippen LogP contribution in [0.1, 0.15) is 59.8 Å². The molecular weight excluding hydrogens is 240 g/mol. The molecule has 0 aromatic heterocycles. The summed E-state index contributed by atoms with van der Waals surface area (Å²) < 4.78 is 6.02. The zero-order chi connectivity index (χ0) is 14.1. The third-order valence-electron chi connectivity index (χ3n) is 6.18. The molecule has 0 heterocycles. The van der Waals surface area contributed by atoms with Crippen LogP contribution in [0.5, 0.6) is 0 Å². The summed E-state index contributed by atoms with van der Waals surface area (Å²) in [6.45, 7) is 8.05. The Labute approximate surface area is 115 Å². The van der Waals surface area contributed by atoms with Gasteiger partial charge in [-0.15, -0.1) is 0 Å². The highest BCUT2D eigenvalue weighted by molar-refractivity contribution is 5.76.